The number of ketones is 1. The summed E-state index contributed by atoms with van der Waals surface area (Å²) in [5, 5.41) is 13.2. The van der Waals surface area contributed by atoms with Gasteiger partial charge in [-0.1, -0.05) is 54.6 Å². The van der Waals surface area contributed by atoms with E-state index < -0.39 is 11.9 Å². The lowest BCUT2D eigenvalue weighted by Crippen LogP contribution is -2.35. The summed E-state index contributed by atoms with van der Waals surface area (Å²) in [4.78, 5) is 32.2. The molecule has 1 saturated heterocycles. The van der Waals surface area contributed by atoms with Crippen molar-refractivity contribution < 1.29 is 14.7 Å². The van der Waals surface area contributed by atoms with Gasteiger partial charge in [0.05, 0.1) is 17.8 Å². The predicted octanol–water partition coefficient (Wildman–Crippen LogP) is 3.62. The van der Waals surface area contributed by atoms with E-state index >= 15 is 0 Å². The van der Waals surface area contributed by atoms with Crippen LogP contribution in [0.2, 0.25) is 0 Å². The van der Waals surface area contributed by atoms with Gasteiger partial charge in [0, 0.05) is 37.4 Å². The lowest BCUT2D eigenvalue weighted by molar-refractivity contribution is 0.0793. The molecule has 1 fully saturated rings. The summed E-state index contributed by atoms with van der Waals surface area (Å²) in [6.45, 7) is 3.10. The zero-order valence-electron chi connectivity index (χ0n) is 21.6. The Morgan fingerprint density at radius 1 is 1.03 bits per heavy atom. The number of nitrogens with zero attached hydrogens (tertiary/aromatic N) is 3. The largest absolute Gasteiger partial charge is 0.393 e. The Kier molecular flexibility index (Phi) is 6.83. The van der Waals surface area contributed by atoms with Crippen LogP contribution in [0.15, 0.2) is 79.1 Å². The molecular formula is C31H31N5O3. The van der Waals surface area contributed by atoms with E-state index in [0.717, 1.165) is 43.6 Å². The van der Waals surface area contributed by atoms with E-state index in [1.165, 1.54) is 11.1 Å². The molecule has 8 nitrogen and oxygen atoms in total. The maximum atomic E-state index is 13.7. The number of piperidine rings is 1. The molecule has 0 spiro atoms. The van der Waals surface area contributed by atoms with Crippen LogP contribution in [-0.4, -0.2) is 50.4 Å². The van der Waals surface area contributed by atoms with E-state index in [-0.39, 0.29) is 11.9 Å². The van der Waals surface area contributed by atoms with Crippen LogP contribution in [0.4, 0.5) is 0 Å². The molecule has 4 N–H and O–H groups in total. The second kappa shape index (κ2) is 10.6. The molecular weight excluding hydrogens is 490 g/mol. The minimum Gasteiger partial charge on any atom is -0.393 e. The third-order valence-electron chi connectivity index (χ3n) is 7.74. The number of rotatable bonds is 6. The molecule has 0 radical (unpaired) electrons. The standard InChI is InChI=1S/C31H31N5O3/c32-31(39)22-5-3-6-24(16-22)36-19-34-27-17-33-28(30(38)29(27)36)21-10-8-20(9-11-21)26-7-2-1-4-23(26)18-35-14-12-25(37)13-15-35/h1-11,16,19,25,28,33,37H,12-15,17-18H2,(H2,32,39). The van der Waals surface area contributed by atoms with E-state index in [9.17, 15) is 14.7 Å². The number of nitrogens with one attached hydrogen (secondary N) is 1. The van der Waals surface area contributed by atoms with Gasteiger partial charge in [-0.15, -0.1) is 0 Å². The Hall–Kier alpha value is -4.11. The van der Waals surface area contributed by atoms with Gasteiger partial charge in [-0.25, -0.2) is 4.98 Å². The van der Waals surface area contributed by atoms with Crippen molar-refractivity contribution in [3.63, 3.8) is 0 Å². The zero-order chi connectivity index (χ0) is 26.9. The van der Waals surface area contributed by atoms with Gasteiger partial charge in [0.1, 0.15) is 12.0 Å². The van der Waals surface area contributed by atoms with Crippen LogP contribution in [-0.2, 0) is 13.1 Å². The first-order chi connectivity index (χ1) is 19.0. The number of carbonyl (C=O) groups is 2. The van der Waals surface area contributed by atoms with Crippen LogP contribution in [0.5, 0.6) is 0 Å². The van der Waals surface area contributed by atoms with E-state index in [4.69, 9.17) is 5.73 Å². The van der Waals surface area contributed by atoms with Gasteiger partial charge in [0.15, 0.2) is 0 Å². The smallest absolute Gasteiger partial charge is 0.248 e. The van der Waals surface area contributed by atoms with Crippen LogP contribution in [0.25, 0.3) is 16.8 Å². The molecule has 1 aromatic heterocycles. The third kappa shape index (κ3) is 5.02. The Morgan fingerprint density at radius 3 is 2.56 bits per heavy atom. The second-order valence-corrected chi connectivity index (χ2v) is 10.3. The predicted molar refractivity (Wildman–Crippen MR) is 148 cm³/mol. The SMILES string of the molecule is NC(=O)c1cccc(-n2cnc3c2C(=O)C(c2ccc(-c4ccccc4CN4CCC(O)CC4)cc2)NC3)c1. The lowest BCUT2D eigenvalue weighted by Gasteiger charge is -2.30. The summed E-state index contributed by atoms with van der Waals surface area (Å²) in [7, 11) is 0. The van der Waals surface area contributed by atoms with Gasteiger partial charge >= 0.3 is 0 Å². The first kappa shape index (κ1) is 25.2. The lowest BCUT2D eigenvalue weighted by atomic mass is 9.93. The fourth-order valence-electron chi connectivity index (χ4n) is 5.59. The molecule has 8 heteroatoms. The molecule has 39 heavy (non-hydrogen) atoms. The molecule has 198 valence electrons. The number of Topliss-reactive ketones (excluding diaryl/α,β-unsaturated/α-hetero) is 1. The number of fused-ring (bicyclic) bond motifs is 1. The maximum Gasteiger partial charge on any atom is 0.248 e. The molecule has 0 aliphatic carbocycles. The highest BCUT2D eigenvalue weighted by Crippen LogP contribution is 2.31. The Balaban J connectivity index is 1.24. The van der Waals surface area contributed by atoms with Crippen molar-refractivity contribution in [1.29, 1.82) is 0 Å². The van der Waals surface area contributed by atoms with Gasteiger partial charge in [0.25, 0.3) is 0 Å². The van der Waals surface area contributed by atoms with Gasteiger partial charge in [-0.2, -0.15) is 0 Å². The highest BCUT2D eigenvalue weighted by Gasteiger charge is 2.32. The zero-order valence-corrected chi connectivity index (χ0v) is 21.6. The van der Waals surface area contributed by atoms with Gasteiger partial charge in [-0.3, -0.25) is 24.4 Å². The minimum absolute atomic E-state index is 0.0707. The Labute approximate surface area is 227 Å². The molecule has 4 aromatic rings. The van der Waals surface area contributed by atoms with Crippen LogP contribution in [0.1, 0.15) is 56.6 Å². The number of imidazole rings is 1. The Bertz CT molecular complexity index is 1520. The molecule has 1 atom stereocenters. The van der Waals surface area contributed by atoms with Gasteiger partial charge in [0.2, 0.25) is 11.7 Å². The first-order valence-corrected chi connectivity index (χ1v) is 13.3. The quantitative estimate of drug-likeness (QED) is 0.357. The fourth-order valence-corrected chi connectivity index (χ4v) is 5.59. The highest BCUT2D eigenvalue weighted by molar-refractivity contribution is 6.02. The molecule has 2 aliphatic heterocycles. The summed E-state index contributed by atoms with van der Waals surface area (Å²) in [6, 6.07) is 23.0. The number of primary amides is 1. The van der Waals surface area contributed by atoms with Crippen molar-refractivity contribution in [3.05, 3.63) is 107 Å². The molecule has 1 unspecified atom stereocenters. The number of nitrogens with two attached hydrogens (primary N) is 1. The van der Waals surface area contributed by atoms with Crippen molar-refractivity contribution in [2.24, 2.45) is 5.73 Å². The highest BCUT2D eigenvalue weighted by atomic mass is 16.3. The molecule has 0 bridgehead atoms. The number of benzene rings is 3. The Morgan fingerprint density at radius 2 is 1.79 bits per heavy atom. The number of aromatic nitrogens is 2. The molecule has 3 heterocycles. The second-order valence-electron chi connectivity index (χ2n) is 10.3. The average Bonchev–Trinajstić information content (AvgIpc) is 3.40. The summed E-state index contributed by atoms with van der Waals surface area (Å²) in [5.74, 6) is -0.591. The van der Waals surface area contributed by atoms with Crippen molar-refractivity contribution in [2.45, 2.75) is 38.1 Å². The van der Waals surface area contributed by atoms with Crippen molar-refractivity contribution in [2.75, 3.05) is 13.1 Å². The third-order valence-corrected chi connectivity index (χ3v) is 7.74. The number of aliphatic hydroxyl groups excluding tert-OH is 1. The average molecular weight is 522 g/mol. The van der Waals surface area contributed by atoms with Crippen LogP contribution >= 0.6 is 0 Å². The van der Waals surface area contributed by atoms with E-state index in [2.05, 4.69) is 51.6 Å². The van der Waals surface area contributed by atoms with E-state index in [0.29, 0.717) is 29.2 Å². The molecule has 3 aromatic carbocycles. The summed E-state index contributed by atoms with van der Waals surface area (Å²) < 4.78 is 1.74. The van der Waals surface area contributed by atoms with Gasteiger partial charge in [-0.05, 0) is 53.3 Å². The first-order valence-electron chi connectivity index (χ1n) is 13.3. The van der Waals surface area contributed by atoms with Crippen molar-refractivity contribution in [3.8, 4) is 16.8 Å². The summed E-state index contributed by atoms with van der Waals surface area (Å²) in [6.07, 6.45) is 3.07. The number of aliphatic hydroxyl groups is 1. The van der Waals surface area contributed by atoms with Crippen LogP contribution in [0.3, 0.4) is 0 Å². The fraction of sp³-hybridized carbons (Fsp3) is 0.258. The molecule has 0 saturated carbocycles. The monoisotopic (exact) mass is 521 g/mol. The molecule has 2 aliphatic rings. The normalized spacial score (nSPS) is 18.2. The number of carbonyl (C=O) groups excluding carboxylic acids is 2. The maximum absolute atomic E-state index is 13.7. The van der Waals surface area contributed by atoms with Crippen LogP contribution < -0.4 is 11.1 Å². The minimum atomic E-state index is -0.520. The van der Waals surface area contributed by atoms with Crippen LogP contribution in [0, 0.1) is 0 Å². The van der Waals surface area contributed by atoms with E-state index in [1.54, 1.807) is 29.1 Å². The molecule has 1 amide bonds. The summed E-state index contributed by atoms with van der Waals surface area (Å²) in [5.41, 5.74) is 12.1. The number of amides is 1. The van der Waals surface area contributed by atoms with E-state index in [1.807, 2.05) is 18.2 Å². The molecule has 6 rings (SSSR count). The van der Waals surface area contributed by atoms with Crippen molar-refractivity contribution in [1.82, 2.24) is 19.8 Å². The number of likely N-dealkylation sites (tertiary alicyclic amines) is 1. The summed E-state index contributed by atoms with van der Waals surface area (Å²) >= 11 is 0. The number of hydrogen-bond acceptors (Lipinski definition) is 6. The number of hydrogen-bond donors (Lipinski definition) is 3. The van der Waals surface area contributed by atoms with Crippen molar-refractivity contribution >= 4 is 11.7 Å². The van der Waals surface area contributed by atoms with Gasteiger partial charge < -0.3 is 10.8 Å². The topological polar surface area (TPSA) is 113 Å².